The van der Waals surface area contributed by atoms with Gasteiger partial charge in [0.25, 0.3) is 0 Å². The molecule has 0 spiro atoms. The molecular formula is C14H17ClN2O. The first-order valence-electron chi connectivity index (χ1n) is 5.90. The third kappa shape index (κ3) is 2.74. The van der Waals surface area contributed by atoms with E-state index >= 15 is 0 Å². The average Bonchev–Trinajstić information content (AvgIpc) is 2.56. The van der Waals surface area contributed by atoms with Gasteiger partial charge in [0.15, 0.2) is 0 Å². The second-order valence-corrected chi connectivity index (χ2v) is 5.12. The molecule has 0 bridgehead atoms. The standard InChI is InChI=1S/C14H17ClN2O/c1-9-4-10(2)6-11(5-9)7-13(18)14-12(15)8-16-17(14)3/h4-6,8,13,18H,7H2,1-3H3. The highest BCUT2D eigenvalue weighted by molar-refractivity contribution is 6.31. The van der Waals surface area contributed by atoms with Crippen molar-refractivity contribution in [2.75, 3.05) is 0 Å². The van der Waals surface area contributed by atoms with Crippen LogP contribution >= 0.6 is 11.6 Å². The summed E-state index contributed by atoms with van der Waals surface area (Å²) in [6.07, 6.45) is 1.47. The molecule has 96 valence electrons. The van der Waals surface area contributed by atoms with Crippen molar-refractivity contribution in [3.05, 3.63) is 51.8 Å². The van der Waals surface area contributed by atoms with E-state index in [0.29, 0.717) is 17.1 Å². The largest absolute Gasteiger partial charge is 0.386 e. The van der Waals surface area contributed by atoms with Gasteiger partial charge < -0.3 is 5.11 Å². The second-order valence-electron chi connectivity index (χ2n) is 4.72. The Labute approximate surface area is 112 Å². The molecule has 0 aliphatic carbocycles. The summed E-state index contributed by atoms with van der Waals surface area (Å²) in [6.45, 7) is 4.11. The Balaban J connectivity index is 2.24. The Morgan fingerprint density at radius 3 is 2.39 bits per heavy atom. The van der Waals surface area contributed by atoms with Crippen LogP contribution in [0, 0.1) is 13.8 Å². The maximum absolute atomic E-state index is 10.3. The molecule has 2 aromatic rings. The molecule has 0 radical (unpaired) electrons. The van der Waals surface area contributed by atoms with Crippen LogP contribution in [0.15, 0.2) is 24.4 Å². The number of hydrogen-bond acceptors (Lipinski definition) is 2. The van der Waals surface area contributed by atoms with Gasteiger partial charge in [0.2, 0.25) is 0 Å². The summed E-state index contributed by atoms with van der Waals surface area (Å²) in [5.74, 6) is 0. The lowest BCUT2D eigenvalue weighted by atomic mass is 10.0. The van der Waals surface area contributed by atoms with E-state index in [9.17, 15) is 5.11 Å². The lowest BCUT2D eigenvalue weighted by Gasteiger charge is -2.13. The van der Waals surface area contributed by atoms with Crippen molar-refractivity contribution in [2.45, 2.75) is 26.4 Å². The third-order valence-corrected chi connectivity index (χ3v) is 3.25. The zero-order valence-corrected chi connectivity index (χ0v) is 11.6. The molecule has 1 atom stereocenters. The van der Waals surface area contributed by atoms with Crippen molar-refractivity contribution in [1.29, 1.82) is 0 Å². The molecule has 0 fully saturated rings. The first kappa shape index (κ1) is 13.1. The van der Waals surface area contributed by atoms with Crippen LogP contribution in [0.2, 0.25) is 5.02 Å². The normalized spacial score (nSPS) is 12.7. The molecule has 3 nitrogen and oxygen atoms in total. The Hall–Kier alpha value is -1.32. The smallest absolute Gasteiger partial charge is 0.101 e. The van der Waals surface area contributed by atoms with Crippen LogP contribution in [0.1, 0.15) is 28.5 Å². The van der Waals surface area contributed by atoms with E-state index in [1.165, 1.54) is 11.1 Å². The highest BCUT2D eigenvalue weighted by Crippen LogP contribution is 2.25. The predicted octanol–water partition coefficient (Wildman–Crippen LogP) is 2.97. The van der Waals surface area contributed by atoms with E-state index < -0.39 is 6.10 Å². The molecule has 1 N–H and O–H groups in total. The number of nitrogens with zero attached hydrogens (tertiary/aromatic N) is 2. The second kappa shape index (κ2) is 5.12. The summed E-state index contributed by atoms with van der Waals surface area (Å²) in [5, 5.41) is 14.8. The molecule has 18 heavy (non-hydrogen) atoms. The van der Waals surface area contributed by atoms with Crippen molar-refractivity contribution < 1.29 is 5.11 Å². The van der Waals surface area contributed by atoms with Crippen LogP contribution in [0.5, 0.6) is 0 Å². The number of aromatic nitrogens is 2. The summed E-state index contributed by atoms with van der Waals surface area (Å²) < 4.78 is 1.62. The quantitative estimate of drug-likeness (QED) is 0.926. The molecule has 1 aromatic carbocycles. The van der Waals surface area contributed by atoms with Gasteiger partial charge in [0.1, 0.15) is 6.10 Å². The molecule has 1 aromatic heterocycles. The van der Waals surface area contributed by atoms with Crippen molar-refractivity contribution in [2.24, 2.45) is 7.05 Å². The van der Waals surface area contributed by atoms with Crippen molar-refractivity contribution in [3.8, 4) is 0 Å². The Morgan fingerprint density at radius 1 is 1.28 bits per heavy atom. The van der Waals surface area contributed by atoms with Gasteiger partial charge in [-0.1, -0.05) is 40.9 Å². The fraction of sp³-hybridized carbons (Fsp3) is 0.357. The highest BCUT2D eigenvalue weighted by Gasteiger charge is 2.17. The summed E-state index contributed by atoms with van der Waals surface area (Å²) in [5.41, 5.74) is 4.18. The maximum atomic E-state index is 10.3. The zero-order valence-electron chi connectivity index (χ0n) is 10.8. The molecule has 0 aliphatic heterocycles. The highest BCUT2D eigenvalue weighted by atomic mass is 35.5. The summed E-state index contributed by atoms with van der Waals surface area (Å²) in [7, 11) is 1.78. The van der Waals surface area contributed by atoms with Crippen molar-refractivity contribution >= 4 is 11.6 Å². The number of hydrogen-bond donors (Lipinski definition) is 1. The number of aliphatic hydroxyl groups excluding tert-OH is 1. The Bertz CT molecular complexity index is 523. The van der Waals surface area contributed by atoms with Crippen LogP contribution < -0.4 is 0 Å². The van der Waals surface area contributed by atoms with Gasteiger partial charge >= 0.3 is 0 Å². The molecule has 0 saturated carbocycles. The van der Waals surface area contributed by atoms with Gasteiger partial charge in [-0.15, -0.1) is 0 Å². The lowest BCUT2D eigenvalue weighted by molar-refractivity contribution is 0.168. The molecule has 1 unspecified atom stereocenters. The molecule has 0 amide bonds. The van der Waals surface area contributed by atoms with Gasteiger partial charge in [-0.2, -0.15) is 5.10 Å². The number of aryl methyl sites for hydroxylation is 3. The van der Waals surface area contributed by atoms with E-state index in [2.05, 4.69) is 37.1 Å². The van der Waals surface area contributed by atoms with Crippen LogP contribution in [0.3, 0.4) is 0 Å². The van der Waals surface area contributed by atoms with E-state index in [1.54, 1.807) is 17.9 Å². The van der Waals surface area contributed by atoms with E-state index in [1.807, 2.05) is 0 Å². The molecule has 0 saturated heterocycles. The van der Waals surface area contributed by atoms with E-state index in [0.717, 1.165) is 5.56 Å². The van der Waals surface area contributed by atoms with Crippen molar-refractivity contribution in [3.63, 3.8) is 0 Å². The maximum Gasteiger partial charge on any atom is 0.101 e. The minimum absolute atomic E-state index is 0.509. The average molecular weight is 265 g/mol. The molecule has 2 rings (SSSR count). The van der Waals surface area contributed by atoms with E-state index in [-0.39, 0.29) is 0 Å². The summed E-state index contributed by atoms with van der Waals surface area (Å²) in [4.78, 5) is 0. The fourth-order valence-corrected chi connectivity index (χ4v) is 2.59. The molecular weight excluding hydrogens is 248 g/mol. The number of halogens is 1. The fourth-order valence-electron chi connectivity index (χ4n) is 2.30. The van der Waals surface area contributed by atoms with Gasteiger partial charge in [-0.25, -0.2) is 0 Å². The number of rotatable bonds is 3. The van der Waals surface area contributed by atoms with Crippen LogP contribution in [-0.2, 0) is 13.5 Å². The van der Waals surface area contributed by atoms with Crippen LogP contribution in [0.4, 0.5) is 0 Å². The third-order valence-electron chi connectivity index (χ3n) is 2.96. The zero-order chi connectivity index (χ0) is 13.3. The number of aliphatic hydroxyl groups is 1. The Morgan fingerprint density at radius 2 is 1.89 bits per heavy atom. The van der Waals surface area contributed by atoms with Crippen molar-refractivity contribution in [1.82, 2.24) is 9.78 Å². The topological polar surface area (TPSA) is 38.1 Å². The number of benzene rings is 1. The first-order valence-corrected chi connectivity index (χ1v) is 6.28. The summed E-state index contributed by atoms with van der Waals surface area (Å²) in [6, 6.07) is 6.29. The SMILES string of the molecule is Cc1cc(C)cc(CC(O)c2c(Cl)cnn2C)c1. The van der Waals surface area contributed by atoms with Gasteiger partial charge in [0.05, 0.1) is 16.9 Å². The first-order chi connectivity index (χ1) is 8.47. The van der Waals surface area contributed by atoms with E-state index in [4.69, 9.17) is 11.6 Å². The monoisotopic (exact) mass is 264 g/mol. The van der Waals surface area contributed by atoms with Gasteiger partial charge in [0, 0.05) is 13.5 Å². The molecule has 1 heterocycles. The minimum atomic E-state index is -0.633. The van der Waals surface area contributed by atoms with Crippen LogP contribution in [0.25, 0.3) is 0 Å². The van der Waals surface area contributed by atoms with Gasteiger partial charge in [-0.3, -0.25) is 4.68 Å². The minimum Gasteiger partial charge on any atom is -0.386 e. The summed E-state index contributed by atoms with van der Waals surface area (Å²) >= 11 is 6.03. The van der Waals surface area contributed by atoms with Crippen LogP contribution in [-0.4, -0.2) is 14.9 Å². The lowest BCUT2D eigenvalue weighted by Crippen LogP contribution is -2.08. The van der Waals surface area contributed by atoms with Gasteiger partial charge in [-0.05, 0) is 19.4 Å². The Kier molecular flexibility index (Phi) is 3.73. The predicted molar refractivity (Wildman–Crippen MR) is 72.8 cm³/mol. The molecule has 4 heteroatoms. The molecule has 0 aliphatic rings.